The fraction of sp³-hybridized carbons (Fsp3) is 0.657. The van der Waals surface area contributed by atoms with E-state index in [4.69, 9.17) is 14.2 Å². The van der Waals surface area contributed by atoms with Gasteiger partial charge in [-0.2, -0.15) is 0 Å². The van der Waals surface area contributed by atoms with Crippen LogP contribution in [0.4, 0.5) is 0 Å². The Morgan fingerprint density at radius 2 is 0.548 bits per heavy atom. The molecule has 0 aliphatic rings. The molecule has 1 atom stereocenters. The van der Waals surface area contributed by atoms with Gasteiger partial charge in [0.05, 0.1) is 0 Å². The van der Waals surface area contributed by atoms with Crippen LogP contribution >= 0.6 is 0 Å². The highest BCUT2D eigenvalue weighted by atomic mass is 16.6. The molecule has 0 saturated carbocycles. The zero-order valence-corrected chi connectivity index (χ0v) is 47.4. The van der Waals surface area contributed by atoms with Crippen LogP contribution in [0.2, 0.25) is 0 Å². The van der Waals surface area contributed by atoms with E-state index in [1.165, 1.54) is 103 Å². The Morgan fingerprint density at radius 1 is 0.288 bits per heavy atom. The van der Waals surface area contributed by atoms with Gasteiger partial charge in [0, 0.05) is 19.3 Å². The van der Waals surface area contributed by atoms with E-state index in [1.54, 1.807) is 0 Å². The zero-order valence-electron chi connectivity index (χ0n) is 47.4. The quantitative estimate of drug-likeness (QED) is 0.0261. The standard InChI is InChI=1S/C67H110O6/c1-4-7-10-13-16-19-22-24-26-28-29-30-31-32-33-34-35-36-37-39-40-42-45-48-51-54-57-60-66(69)72-63-64(62-71-65(68)59-56-53-50-47-44-21-18-15-12-9-6-3)73-67(70)61-58-55-52-49-46-43-41-38-27-25-23-20-17-14-11-8-5-2/h7,10,15-16,18-19,24-27,29-30,32-33,35-36,39-40,45,48,64H,4-6,8-9,11-14,17,20-23,28,31,34,37-38,41-44,46-47,49-63H2,1-3H3/b10-7-,18-15-,19-16-,26-24-,27-25-,30-29-,33-32-,36-35-,40-39-,48-45-. The van der Waals surface area contributed by atoms with E-state index in [0.717, 1.165) is 116 Å². The number of carbonyl (C=O) groups is 3. The van der Waals surface area contributed by atoms with Gasteiger partial charge in [-0.1, -0.05) is 239 Å². The van der Waals surface area contributed by atoms with Crippen LogP contribution in [0.25, 0.3) is 0 Å². The van der Waals surface area contributed by atoms with Gasteiger partial charge in [0.2, 0.25) is 0 Å². The normalized spacial score (nSPS) is 13.0. The molecule has 414 valence electrons. The van der Waals surface area contributed by atoms with Crippen molar-refractivity contribution in [1.82, 2.24) is 0 Å². The fourth-order valence-electron chi connectivity index (χ4n) is 7.90. The number of unbranched alkanes of at least 4 members (excludes halogenated alkanes) is 22. The molecule has 0 rings (SSSR count). The topological polar surface area (TPSA) is 78.9 Å². The maximum atomic E-state index is 12.9. The Labute approximate surface area is 450 Å². The van der Waals surface area contributed by atoms with E-state index in [2.05, 4.69) is 142 Å². The highest BCUT2D eigenvalue weighted by molar-refractivity contribution is 5.71. The van der Waals surface area contributed by atoms with Crippen molar-refractivity contribution in [1.29, 1.82) is 0 Å². The second-order valence-corrected chi connectivity index (χ2v) is 19.5. The number of ether oxygens (including phenoxy) is 3. The van der Waals surface area contributed by atoms with E-state index in [9.17, 15) is 14.4 Å². The average Bonchev–Trinajstić information content (AvgIpc) is 3.39. The number of hydrogen-bond acceptors (Lipinski definition) is 6. The molecule has 0 saturated heterocycles. The average molecular weight is 1010 g/mol. The van der Waals surface area contributed by atoms with Crippen molar-refractivity contribution < 1.29 is 28.6 Å². The SMILES string of the molecule is CC/C=C\C/C=C\C/C=C\C/C=C\C/C=C\C/C=C\C/C=C\C/C=C\CCCCC(=O)OCC(COC(=O)CCCCCCC/C=C\CCCC)OC(=O)CCCCCCCCC/C=C\CCCCCCCC. The first kappa shape index (κ1) is 68.8. The van der Waals surface area contributed by atoms with Crippen LogP contribution in [0, 0.1) is 0 Å². The monoisotopic (exact) mass is 1010 g/mol. The van der Waals surface area contributed by atoms with Crippen LogP contribution in [0.15, 0.2) is 122 Å². The van der Waals surface area contributed by atoms with Crippen molar-refractivity contribution >= 4 is 17.9 Å². The Morgan fingerprint density at radius 3 is 0.918 bits per heavy atom. The van der Waals surface area contributed by atoms with Crippen molar-refractivity contribution in [2.24, 2.45) is 0 Å². The number of esters is 3. The molecule has 0 aromatic heterocycles. The van der Waals surface area contributed by atoms with Crippen molar-refractivity contribution in [3.05, 3.63) is 122 Å². The first-order valence-electron chi connectivity index (χ1n) is 30.0. The third-order valence-electron chi connectivity index (χ3n) is 12.4. The lowest BCUT2D eigenvalue weighted by molar-refractivity contribution is -0.167. The Balaban J connectivity index is 4.41. The Kier molecular flexibility index (Phi) is 56.9. The molecule has 73 heavy (non-hydrogen) atoms. The van der Waals surface area contributed by atoms with Gasteiger partial charge < -0.3 is 14.2 Å². The number of hydrogen-bond donors (Lipinski definition) is 0. The van der Waals surface area contributed by atoms with Gasteiger partial charge in [-0.05, 0) is 128 Å². The summed E-state index contributed by atoms with van der Waals surface area (Å²) in [6.07, 6.45) is 83.4. The summed E-state index contributed by atoms with van der Waals surface area (Å²) in [6, 6.07) is 0. The fourth-order valence-corrected chi connectivity index (χ4v) is 7.90. The lowest BCUT2D eigenvalue weighted by Crippen LogP contribution is -2.30. The molecule has 0 aromatic carbocycles. The number of rotatable bonds is 53. The molecule has 0 bridgehead atoms. The summed E-state index contributed by atoms with van der Waals surface area (Å²) in [5, 5.41) is 0. The number of allylic oxidation sites excluding steroid dienone is 20. The second kappa shape index (κ2) is 60.4. The predicted octanol–water partition coefficient (Wildman–Crippen LogP) is 20.4. The maximum Gasteiger partial charge on any atom is 0.306 e. The first-order chi connectivity index (χ1) is 36.0. The summed E-state index contributed by atoms with van der Waals surface area (Å²) in [4.78, 5) is 38.1. The largest absolute Gasteiger partial charge is 0.462 e. The Hall–Kier alpha value is -4.19. The molecule has 1 unspecified atom stereocenters. The highest BCUT2D eigenvalue weighted by Gasteiger charge is 2.19. The lowest BCUT2D eigenvalue weighted by Gasteiger charge is -2.18. The third kappa shape index (κ3) is 58.6. The van der Waals surface area contributed by atoms with Crippen molar-refractivity contribution in [3.8, 4) is 0 Å². The summed E-state index contributed by atoms with van der Waals surface area (Å²) in [5.74, 6) is -0.960. The molecule has 0 amide bonds. The lowest BCUT2D eigenvalue weighted by atomic mass is 10.1. The molecular formula is C67H110O6. The zero-order chi connectivity index (χ0) is 52.9. The van der Waals surface area contributed by atoms with E-state index in [0.29, 0.717) is 25.7 Å². The van der Waals surface area contributed by atoms with Crippen LogP contribution in [0.3, 0.4) is 0 Å². The summed E-state index contributed by atoms with van der Waals surface area (Å²) < 4.78 is 16.8. The smallest absolute Gasteiger partial charge is 0.306 e. The van der Waals surface area contributed by atoms with Crippen molar-refractivity contribution in [3.63, 3.8) is 0 Å². The predicted molar refractivity (Wildman–Crippen MR) is 316 cm³/mol. The van der Waals surface area contributed by atoms with E-state index >= 15 is 0 Å². The van der Waals surface area contributed by atoms with Crippen LogP contribution < -0.4 is 0 Å². The van der Waals surface area contributed by atoms with Gasteiger partial charge in [-0.25, -0.2) is 0 Å². The number of carbonyl (C=O) groups excluding carboxylic acids is 3. The minimum atomic E-state index is -0.805. The molecule has 0 radical (unpaired) electrons. The van der Waals surface area contributed by atoms with Gasteiger partial charge in [-0.15, -0.1) is 0 Å². The van der Waals surface area contributed by atoms with E-state index in [1.807, 2.05) is 0 Å². The van der Waals surface area contributed by atoms with Gasteiger partial charge in [0.25, 0.3) is 0 Å². The summed E-state index contributed by atoms with van der Waals surface area (Å²) >= 11 is 0. The highest BCUT2D eigenvalue weighted by Crippen LogP contribution is 2.14. The summed E-state index contributed by atoms with van der Waals surface area (Å²) in [5.41, 5.74) is 0. The molecule has 0 aliphatic heterocycles. The van der Waals surface area contributed by atoms with E-state index in [-0.39, 0.29) is 31.1 Å². The van der Waals surface area contributed by atoms with E-state index < -0.39 is 6.10 Å². The Bertz CT molecular complexity index is 1540. The van der Waals surface area contributed by atoms with Crippen LogP contribution in [0.5, 0.6) is 0 Å². The van der Waals surface area contributed by atoms with Crippen molar-refractivity contribution in [2.75, 3.05) is 13.2 Å². The van der Waals surface area contributed by atoms with Crippen LogP contribution in [0.1, 0.15) is 265 Å². The minimum Gasteiger partial charge on any atom is -0.462 e. The third-order valence-corrected chi connectivity index (χ3v) is 12.4. The molecule has 6 heteroatoms. The van der Waals surface area contributed by atoms with Crippen molar-refractivity contribution in [2.45, 2.75) is 271 Å². The molecule has 0 N–H and O–H groups in total. The minimum absolute atomic E-state index is 0.100. The van der Waals surface area contributed by atoms with Gasteiger partial charge in [0.1, 0.15) is 13.2 Å². The molecule has 0 aliphatic carbocycles. The van der Waals surface area contributed by atoms with Crippen LogP contribution in [-0.4, -0.2) is 37.2 Å². The summed E-state index contributed by atoms with van der Waals surface area (Å²) in [6.45, 7) is 6.44. The summed E-state index contributed by atoms with van der Waals surface area (Å²) in [7, 11) is 0. The molecule has 6 nitrogen and oxygen atoms in total. The molecule has 0 fully saturated rings. The first-order valence-corrected chi connectivity index (χ1v) is 30.0. The second-order valence-electron chi connectivity index (χ2n) is 19.5. The van der Waals surface area contributed by atoms with Crippen LogP contribution in [-0.2, 0) is 28.6 Å². The maximum absolute atomic E-state index is 12.9. The van der Waals surface area contributed by atoms with Gasteiger partial charge in [0.15, 0.2) is 6.10 Å². The molecule has 0 aromatic rings. The molecule has 0 heterocycles. The van der Waals surface area contributed by atoms with Gasteiger partial charge in [-0.3, -0.25) is 14.4 Å². The molecular weight excluding hydrogens is 901 g/mol. The molecule has 0 spiro atoms. The van der Waals surface area contributed by atoms with Gasteiger partial charge >= 0.3 is 17.9 Å².